The average molecular weight is 475 g/mol. The molecule has 1 N–H and O–H groups in total. The van der Waals surface area contributed by atoms with Gasteiger partial charge in [0.25, 0.3) is 0 Å². The zero-order valence-electron chi connectivity index (χ0n) is 17.8. The van der Waals surface area contributed by atoms with E-state index in [0.717, 1.165) is 22.5 Å². The van der Waals surface area contributed by atoms with E-state index in [4.69, 9.17) is 9.84 Å². The van der Waals surface area contributed by atoms with Crippen molar-refractivity contribution in [3.8, 4) is 11.6 Å². The number of pyridine rings is 1. The second-order valence-electron chi connectivity index (χ2n) is 7.63. The maximum atomic E-state index is 12.7. The number of ether oxygens (including phenoxy) is 1. The van der Waals surface area contributed by atoms with Crippen molar-refractivity contribution < 1.29 is 32.6 Å². The number of aromatic carboxylic acids is 1. The fraction of sp³-hybridized carbons (Fsp3) is 0.273. The highest BCUT2D eigenvalue weighted by atomic mass is 19.4. The summed E-state index contributed by atoms with van der Waals surface area (Å²) in [6.07, 6.45) is -2.40. The number of carbonyl (C=O) groups excluding carboxylic acids is 1. The quantitative estimate of drug-likeness (QED) is 0.602. The first-order valence-electron chi connectivity index (χ1n) is 10.3. The summed E-state index contributed by atoms with van der Waals surface area (Å²) < 4.78 is 44.6. The van der Waals surface area contributed by atoms with Crippen LogP contribution in [0.1, 0.15) is 21.6 Å². The number of aromatic nitrogens is 3. The Bertz CT molecular complexity index is 1170. The Morgan fingerprint density at radius 3 is 2.44 bits per heavy atom. The van der Waals surface area contributed by atoms with Crippen molar-refractivity contribution in [2.24, 2.45) is 0 Å². The summed E-state index contributed by atoms with van der Waals surface area (Å²) >= 11 is 0. The third-order valence-electron chi connectivity index (χ3n) is 5.24. The normalized spacial score (nSPS) is 14.7. The lowest BCUT2D eigenvalue weighted by molar-refractivity contribution is -0.137. The van der Waals surface area contributed by atoms with Gasteiger partial charge in [0.05, 0.1) is 5.56 Å². The van der Waals surface area contributed by atoms with E-state index in [-0.39, 0.29) is 17.6 Å². The molecule has 0 aliphatic carbocycles. The lowest BCUT2D eigenvalue weighted by atomic mass is 10.2. The van der Waals surface area contributed by atoms with E-state index in [0.29, 0.717) is 38.5 Å². The van der Waals surface area contributed by atoms with E-state index in [2.05, 4.69) is 15.0 Å². The largest absolute Gasteiger partial charge is 0.476 e. The predicted molar refractivity (Wildman–Crippen MR) is 113 cm³/mol. The van der Waals surface area contributed by atoms with Crippen LogP contribution >= 0.6 is 0 Å². The molecule has 12 heteroatoms. The van der Waals surface area contributed by atoms with Crippen LogP contribution in [0.25, 0.3) is 0 Å². The highest BCUT2D eigenvalue weighted by Crippen LogP contribution is 2.30. The first-order valence-corrected chi connectivity index (χ1v) is 10.3. The van der Waals surface area contributed by atoms with Crippen LogP contribution < -0.4 is 4.74 Å². The molecule has 0 unspecified atom stereocenters. The van der Waals surface area contributed by atoms with Crippen LogP contribution in [0.3, 0.4) is 0 Å². The van der Waals surface area contributed by atoms with Gasteiger partial charge in [0, 0.05) is 51.2 Å². The molecule has 1 aromatic carbocycles. The van der Waals surface area contributed by atoms with Crippen LogP contribution in [0, 0.1) is 0 Å². The molecule has 2 aromatic heterocycles. The number of carboxylic acids is 1. The van der Waals surface area contributed by atoms with Crippen LogP contribution in [0.2, 0.25) is 0 Å². The molecule has 178 valence electrons. The van der Waals surface area contributed by atoms with Crippen LogP contribution in [-0.4, -0.2) is 67.9 Å². The first-order chi connectivity index (χ1) is 16.2. The predicted octanol–water partition coefficient (Wildman–Crippen LogP) is 3.57. The number of carboxylic acid groups (broad SMARTS) is 1. The summed E-state index contributed by atoms with van der Waals surface area (Å²) in [4.78, 5) is 30.9. The molecule has 0 atom stereocenters. The number of amides is 1. The van der Waals surface area contributed by atoms with Crippen molar-refractivity contribution in [1.29, 1.82) is 0 Å². The van der Waals surface area contributed by atoms with Gasteiger partial charge in [0.1, 0.15) is 5.75 Å². The number of hydrogen-bond acceptors (Lipinski definition) is 6. The third kappa shape index (κ3) is 5.52. The molecule has 1 fully saturated rings. The van der Waals surface area contributed by atoms with Gasteiger partial charge in [-0.1, -0.05) is 12.1 Å². The highest BCUT2D eigenvalue weighted by Gasteiger charge is 2.30. The van der Waals surface area contributed by atoms with Gasteiger partial charge in [-0.25, -0.2) is 14.6 Å². The van der Waals surface area contributed by atoms with Gasteiger partial charge in [-0.15, -0.1) is 0 Å². The number of alkyl halides is 3. The van der Waals surface area contributed by atoms with E-state index in [1.54, 1.807) is 23.1 Å². The van der Waals surface area contributed by atoms with Crippen molar-refractivity contribution in [2.45, 2.75) is 12.7 Å². The summed E-state index contributed by atoms with van der Waals surface area (Å²) in [7, 11) is 0. The molecule has 0 saturated carbocycles. The molecule has 3 aromatic rings. The Hall–Kier alpha value is -3.93. The van der Waals surface area contributed by atoms with Crippen LogP contribution in [0.4, 0.5) is 18.0 Å². The Kier molecular flexibility index (Phi) is 6.50. The maximum Gasteiger partial charge on any atom is 0.417 e. The average Bonchev–Trinajstić information content (AvgIpc) is 3.30. The molecular formula is C22H20F3N5O4. The monoisotopic (exact) mass is 475 g/mol. The summed E-state index contributed by atoms with van der Waals surface area (Å²) in [6, 6.07) is 10.1. The van der Waals surface area contributed by atoms with Crippen molar-refractivity contribution in [1.82, 2.24) is 24.6 Å². The van der Waals surface area contributed by atoms with Gasteiger partial charge in [-0.05, 0) is 29.8 Å². The molecule has 1 aliphatic rings. The molecule has 3 heterocycles. The zero-order valence-corrected chi connectivity index (χ0v) is 17.8. The highest BCUT2D eigenvalue weighted by molar-refractivity contribution is 5.86. The molecule has 1 aliphatic heterocycles. The molecule has 0 spiro atoms. The number of rotatable bonds is 5. The number of hydrogen-bond donors (Lipinski definition) is 1. The Morgan fingerprint density at radius 2 is 1.82 bits per heavy atom. The van der Waals surface area contributed by atoms with Crippen molar-refractivity contribution in [3.63, 3.8) is 0 Å². The van der Waals surface area contributed by atoms with E-state index in [1.807, 2.05) is 6.07 Å². The van der Waals surface area contributed by atoms with Gasteiger partial charge < -0.3 is 14.7 Å². The van der Waals surface area contributed by atoms with Crippen molar-refractivity contribution in [3.05, 3.63) is 71.7 Å². The van der Waals surface area contributed by atoms with Gasteiger partial charge in [0.2, 0.25) is 5.88 Å². The number of carbonyl (C=O) groups is 2. The summed E-state index contributed by atoms with van der Waals surface area (Å²) in [6.45, 7) is 2.69. The lowest BCUT2D eigenvalue weighted by Gasteiger charge is -2.34. The minimum absolute atomic E-state index is 0.0574. The van der Waals surface area contributed by atoms with Crippen molar-refractivity contribution >= 4 is 12.0 Å². The molecular weight excluding hydrogens is 455 g/mol. The van der Waals surface area contributed by atoms with Gasteiger partial charge in [-0.3, -0.25) is 4.90 Å². The SMILES string of the molecule is O=C(O)c1ccn(C(=O)N2CCN(Cc3cccc(Oc4ccc(C(F)(F)F)cn4)c3)CC2)n1. The smallest absolute Gasteiger partial charge is 0.417 e. The minimum atomic E-state index is -4.46. The summed E-state index contributed by atoms with van der Waals surface area (Å²) in [5.41, 5.74) is -0.107. The molecule has 1 saturated heterocycles. The van der Waals surface area contributed by atoms with Gasteiger partial charge in [0.15, 0.2) is 5.69 Å². The fourth-order valence-corrected chi connectivity index (χ4v) is 3.48. The third-order valence-corrected chi connectivity index (χ3v) is 5.24. The van der Waals surface area contributed by atoms with Crippen LogP contribution in [0.15, 0.2) is 54.9 Å². The maximum absolute atomic E-state index is 12.7. The Labute approximate surface area is 192 Å². The molecule has 34 heavy (non-hydrogen) atoms. The Balaban J connectivity index is 1.31. The lowest BCUT2D eigenvalue weighted by Crippen LogP contribution is -2.49. The molecule has 0 bridgehead atoms. The second-order valence-corrected chi connectivity index (χ2v) is 7.63. The van der Waals surface area contributed by atoms with Gasteiger partial charge >= 0.3 is 18.2 Å². The number of nitrogens with zero attached hydrogens (tertiary/aromatic N) is 5. The molecule has 0 radical (unpaired) electrons. The molecule has 1 amide bonds. The minimum Gasteiger partial charge on any atom is -0.476 e. The van der Waals surface area contributed by atoms with E-state index in [1.165, 1.54) is 18.3 Å². The number of benzene rings is 1. The standard InChI is InChI=1S/C22H20F3N5O4/c23-22(24,25)16-4-5-19(26-13-16)34-17-3-1-2-15(12-17)14-28-8-10-29(11-9-28)21(33)30-7-6-18(27-30)20(31)32/h1-7,12-13H,8-11,14H2,(H,31,32). The summed E-state index contributed by atoms with van der Waals surface area (Å²) in [5, 5.41) is 12.7. The zero-order chi connectivity index (χ0) is 24.3. The van der Waals surface area contributed by atoms with Crippen LogP contribution in [-0.2, 0) is 12.7 Å². The fourth-order valence-electron chi connectivity index (χ4n) is 3.48. The van der Waals surface area contributed by atoms with Gasteiger partial charge in [-0.2, -0.15) is 23.0 Å². The number of halogens is 3. The Morgan fingerprint density at radius 1 is 1.06 bits per heavy atom. The summed E-state index contributed by atoms with van der Waals surface area (Å²) in [5.74, 6) is -0.690. The molecule has 4 rings (SSSR count). The molecule has 9 nitrogen and oxygen atoms in total. The van der Waals surface area contributed by atoms with Crippen molar-refractivity contribution in [2.75, 3.05) is 26.2 Å². The topological polar surface area (TPSA) is 101 Å². The van der Waals surface area contributed by atoms with E-state index < -0.39 is 17.7 Å². The number of piperazine rings is 1. The van der Waals surface area contributed by atoms with E-state index >= 15 is 0 Å². The first kappa shape index (κ1) is 23.2. The van der Waals surface area contributed by atoms with Crippen LogP contribution in [0.5, 0.6) is 11.6 Å². The second kappa shape index (κ2) is 9.51. The van der Waals surface area contributed by atoms with E-state index in [9.17, 15) is 22.8 Å².